The first-order valence-electron chi connectivity index (χ1n) is 8.95. The summed E-state index contributed by atoms with van der Waals surface area (Å²) in [6, 6.07) is 23.5. The molecule has 0 unspecified atom stereocenters. The average molecular weight is 329 g/mol. The Labute approximate surface area is 149 Å². The van der Waals surface area contributed by atoms with E-state index < -0.39 is 0 Å². The first-order valence-corrected chi connectivity index (χ1v) is 8.95. The number of fused-ring (bicyclic) bond motifs is 2. The fourth-order valence-corrected chi connectivity index (χ4v) is 3.33. The predicted octanol–water partition coefficient (Wildman–Crippen LogP) is 7.08. The van der Waals surface area contributed by atoms with E-state index in [1.54, 1.807) is 0 Å². The Morgan fingerprint density at radius 2 is 1.56 bits per heavy atom. The smallest absolute Gasteiger partial charge is 0.151 e. The third-order valence-corrected chi connectivity index (χ3v) is 5.00. The summed E-state index contributed by atoms with van der Waals surface area (Å²) in [7, 11) is 0. The molecule has 0 bridgehead atoms. The zero-order chi connectivity index (χ0) is 17.4. The maximum absolute atomic E-state index is 6.30. The number of benzene rings is 3. The Hall–Kier alpha value is -2.74. The van der Waals surface area contributed by atoms with Gasteiger partial charge in [0, 0.05) is 5.69 Å². The monoisotopic (exact) mass is 329 g/mol. The summed E-state index contributed by atoms with van der Waals surface area (Å²) < 4.78 is 6.30. The Morgan fingerprint density at radius 1 is 0.880 bits per heavy atom. The third kappa shape index (κ3) is 2.78. The number of aryl methyl sites for hydroxylation is 1. The number of nitrogens with zero attached hydrogens (tertiary/aromatic N) is 1. The van der Waals surface area contributed by atoms with Gasteiger partial charge < -0.3 is 9.64 Å². The number of para-hydroxylation sites is 1. The molecule has 4 rings (SSSR count). The molecule has 1 aliphatic heterocycles. The van der Waals surface area contributed by atoms with Gasteiger partial charge in [-0.25, -0.2) is 0 Å². The van der Waals surface area contributed by atoms with Crippen LogP contribution in [0, 0.1) is 6.92 Å². The van der Waals surface area contributed by atoms with Crippen molar-refractivity contribution < 1.29 is 4.74 Å². The minimum absolute atomic E-state index is 0.526. The van der Waals surface area contributed by atoms with E-state index in [2.05, 4.69) is 86.3 Å². The molecule has 2 nitrogen and oxygen atoms in total. The fraction of sp³-hybridized carbons (Fsp3) is 0.217. The van der Waals surface area contributed by atoms with E-state index in [1.807, 2.05) is 6.07 Å². The quantitative estimate of drug-likeness (QED) is 0.398. The van der Waals surface area contributed by atoms with Crippen LogP contribution in [0.1, 0.15) is 37.3 Å². The molecule has 0 fully saturated rings. The van der Waals surface area contributed by atoms with E-state index in [0.29, 0.717) is 5.92 Å². The van der Waals surface area contributed by atoms with Crippen LogP contribution >= 0.6 is 0 Å². The lowest BCUT2D eigenvalue weighted by atomic mass is 9.97. The van der Waals surface area contributed by atoms with Gasteiger partial charge in [-0.05, 0) is 66.8 Å². The Bertz CT molecular complexity index is 901. The van der Waals surface area contributed by atoms with E-state index in [0.717, 1.165) is 35.0 Å². The van der Waals surface area contributed by atoms with E-state index in [-0.39, 0.29) is 0 Å². The zero-order valence-corrected chi connectivity index (χ0v) is 15.0. The lowest BCUT2D eigenvalue weighted by Crippen LogP contribution is -2.16. The van der Waals surface area contributed by atoms with Crippen LogP contribution in [0.5, 0.6) is 11.5 Å². The normalized spacial score (nSPS) is 13.6. The van der Waals surface area contributed by atoms with Crippen molar-refractivity contribution in [3.05, 3.63) is 77.9 Å². The fourth-order valence-electron chi connectivity index (χ4n) is 3.33. The number of rotatable bonds is 3. The lowest BCUT2D eigenvalue weighted by Gasteiger charge is -2.33. The van der Waals surface area contributed by atoms with E-state index in [1.165, 1.54) is 11.1 Å². The highest BCUT2D eigenvalue weighted by Gasteiger charge is 2.26. The van der Waals surface area contributed by atoms with Crippen molar-refractivity contribution in [2.45, 2.75) is 33.1 Å². The highest BCUT2D eigenvalue weighted by molar-refractivity contribution is 5.86. The van der Waals surface area contributed by atoms with Gasteiger partial charge in [0.05, 0.1) is 11.4 Å². The molecule has 0 saturated carbocycles. The molecule has 0 aromatic heterocycles. The summed E-state index contributed by atoms with van der Waals surface area (Å²) in [5, 5.41) is 0. The number of hydrogen-bond acceptors (Lipinski definition) is 2. The van der Waals surface area contributed by atoms with Crippen LogP contribution in [-0.4, -0.2) is 0 Å². The molecule has 25 heavy (non-hydrogen) atoms. The summed E-state index contributed by atoms with van der Waals surface area (Å²) in [4.78, 5) is 2.29. The number of anilines is 3. The van der Waals surface area contributed by atoms with Gasteiger partial charge in [-0.1, -0.05) is 44.2 Å². The van der Waals surface area contributed by atoms with Gasteiger partial charge >= 0.3 is 0 Å². The largest absolute Gasteiger partial charge is 0.453 e. The molecule has 1 heterocycles. The van der Waals surface area contributed by atoms with Gasteiger partial charge in [-0.2, -0.15) is 0 Å². The first kappa shape index (κ1) is 15.8. The topological polar surface area (TPSA) is 12.5 Å². The standard InChI is InChI=1S/C23H23NO/c1-4-17(3)18-11-13-21-23(15-18)25-22-14-16(2)10-12-20(22)24(21)19-8-6-5-7-9-19/h5-15,17H,4H2,1-3H3/t17-/m1/s1. The van der Waals surface area contributed by atoms with Crippen molar-refractivity contribution in [1.82, 2.24) is 0 Å². The molecule has 1 atom stereocenters. The highest BCUT2D eigenvalue weighted by Crippen LogP contribution is 2.51. The molecule has 2 heteroatoms. The molecular formula is C23H23NO. The van der Waals surface area contributed by atoms with Crippen molar-refractivity contribution in [1.29, 1.82) is 0 Å². The van der Waals surface area contributed by atoms with Crippen LogP contribution in [-0.2, 0) is 0 Å². The molecule has 0 spiro atoms. The molecule has 126 valence electrons. The lowest BCUT2D eigenvalue weighted by molar-refractivity contribution is 0.475. The minimum atomic E-state index is 0.526. The minimum Gasteiger partial charge on any atom is -0.453 e. The van der Waals surface area contributed by atoms with Gasteiger partial charge in [0.25, 0.3) is 0 Å². The van der Waals surface area contributed by atoms with Gasteiger partial charge in [-0.3, -0.25) is 0 Å². The van der Waals surface area contributed by atoms with Crippen molar-refractivity contribution in [2.75, 3.05) is 4.90 Å². The Balaban J connectivity index is 1.90. The molecule has 0 aliphatic carbocycles. The maximum atomic E-state index is 6.30. The van der Waals surface area contributed by atoms with Crippen molar-refractivity contribution >= 4 is 17.1 Å². The molecule has 0 N–H and O–H groups in total. The van der Waals surface area contributed by atoms with Gasteiger partial charge in [0.15, 0.2) is 11.5 Å². The number of ether oxygens (including phenoxy) is 1. The van der Waals surface area contributed by atoms with Crippen molar-refractivity contribution in [2.24, 2.45) is 0 Å². The predicted molar refractivity (Wildman–Crippen MR) is 105 cm³/mol. The van der Waals surface area contributed by atoms with Crippen LogP contribution in [0.3, 0.4) is 0 Å². The van der Waals surface area contributed by atoms with Gasteiger partial charge in [-0.15, -0.1) is 0 Å². The van der Waals surface area contributed by atoms with Crippen LogP contribution < -0.4 is 9.64 Å². The molecular weight excluding hydrogens is 306 g/mol. The average Bonchev–Trinajstić information content (AvgIpc) is 2.65. The summed E-state index contributed by atoms with van der Waals surface area (Å²) in [5.41, 5.74) is 5.85. The highest BCUT2D eigenvalue weighted by atomic mass is 16.5. The SMILES string of the molecule is CC[C@@H](C)c1ccc2c(c1)Oc1cc(C)ccc1N2c1ccccc1. The molecule has 0 amide bonds. The second-order valence-corrected chi connectivity index (χ2v) is 6.78. The summed E-state index contributed by atoms with van der Waals surface area (Å²) in [6.07, 6.45) is 1.12. The second-order valence-electron chi connectivity index (χ2n) is 6.78. The Kier molecular flexibility index (Phi) is 3.96. The summed E-state index contributed by atoms with van der Waals surface area (Å²) in [5.74, 6) is 2.37. The molecule has 3 aromatic rings. The van der Waals surface area contributed by atoms with Crippen molar-refractivity contribution in [3.63, 3.8) is 0 Å². The summed E-state index contributed by atoms with van der Waals surface area (Å²) >= 11 is 0. The summed E-state index contributed by atoms with van der Waals surface area (Å²) in [6.45, 7) is 6.58. The third-order valence-electron chi connectivity index (χ3n) is 5.00. The van der Waals surface area contributed by atoms with Gasteiger partial charge in [0.2, 0.25) is 0 Å². The van der Waals surface area contributed by atoms with E-state index in [9.17, 15) is 0 Å². The van der Waals surface area contributed by atoms with Crippen LogP contribution in [0.4, 0.5) is 17.1 Å². The zero-order valence-electron chi connectivity index (χ0n) is 15.0. The van der Waals surface area contributed by atoms with Gasteiger partial charge in [0.1, 0.15) is 0 Å². The van der Waals surface area contributed by atoms with Crippen molar-refractivity contribution in [3.8, 4) is 11.5 Å². The van der Waals surface area contributed by atoms with E-state index >= 15 is 0 Å². The molecule has 0 saturated heterocycles. The van der Waals surface area contributed by atoms with E-state index in [4.69, 9.17) is 4.74 Å². The molecule has 0 radical (unpaired) electrons. The van der Waals surface area contributed by atoms with Crippen LogP contribution in [0.15, 0.2) is 66.7 Å². The molecule has 3 aromatic carbocycles. The second kappa shape index (κ2) is 6.29. The number of hydrogen-bond donors (Lipinski definition) is 0. The Morgan fingerprint density at radius 3 is 2.28 bits per heavy atom. The van der Waals surface area contributed by atoms with Crippen LogP contribution in [0.2, 0.25) is 0 Å². The maximum Gasteiger partial charge on any atom is 0.151 e. The molecule has 1 aliphatic rings. The first-order chi connectivity index (χ1) is 12.2. The van der Waals surface area contributed by atoms with Crippen LogP contribution in [0.25, 0.3) is 0 Å².